The van der Waals surface area contributed by atoms with Crippen molar-refractivity contribution in [3.8, 4) is 0 Å². The number of hydrogen-bond donors (Lipinski definition) is 1. The molecule has 4 nitrogen and oxygen atoms in total. The third kappa shape index (κ3) is 5.91. The van der Waals surface area contributed by atoms with Gasteiger partial charge < -0.3 is 0 Å². The summed E-state index contributed by atoms with van der Waals surface area (Å²) in [6, 6.07) is 0. The normalized spacial score (nSPS) is 12.2. The molecule has 1 atom stereocenters. The van der Waals surface area contributed by atoms with E-state index in [-0.39, 0.29) is 27.3 Å². The number of halogens is 1. The van der Waals surface area contributed by atoms with E-state index in [1.165, 1.54) is 0 Å². The molecule has 0 saturated heterocycles. The number of carboxylic acid groups (broad SMARTS) is 1. The van der Waals surface area contributed by atoms with Gasteiger partial charge >= 0.3 is 87.5 Å². The van der Waals surface area contributed by atoms with E-state index in [1.54, 1.807) is 0 Å². The van der Waals surface area contributed by atoms with E-state index in [4.69, 9.17) is 16.7 Å². The topological polar surface area (TPSA) is 63.6 Å². The summed E-state index contributed by atoms with van der Waals surface area (Å²) in [5.41, 5.74) is 0. The maximum atomic E-state index is 10.9. The molecule has 0 radical (unpaired) electrons. The predicted octanol–water partition coefficient (Wildman–Crippen LogP) is 0.782. The molecule has 1 N–H and O–H groups in total. The van der Waals surface area contributed by atoms with Crippen molar-refractivity contribution in [2.45, 2.75) is 23.7 Å². The van der Waals surface area contributed by atoms with Crippen LogP contribution in [0.1, 0.15) is 6.42 Å². The van der Waals surface area contributed by atoms with Crippen molar-refractivity contribution in [1.29, 1.82) is 0 Å². The Morgan fingerprint density at radius 3 is 2.62 bits per heavy atom. The van der Waals surface area contributed by atoms with Gasteiger partial charge in [0.15, 0.2) is 0 Å². The Labute approximate surface area is 87.7 Å². The van der Waals surface area contributed by atoms with E-state index >= 15 is 0 Å². The summed E-state index contributed by atoms with van der Waals surface area (Å²) >= 11 is 5.46. The van der Waals surface area contributed by atoms with Crippen LogP contribution in [0.3, 0.4) is 0 Å². The van der Waals surface area contributed by atoms with Crippen LogP contribution in [0.5, 0.6) is 0 Å². The first-order valence-electron chi connectivity index (χ1n) is 3.59. The molecular formula is C7H11ClO4Se. The molecule has 0 aliphatic carbocycles. The fraction of sp³-hybridized carbons (Fsp3) is 0.714. The van der Waals surface area contributed by atoms with Gasteiger partial charge in [0.05, 0.1) is 0 Å². The van der Waals surface area contributed by atoms with E-state index in [0.717, 1.165) is 0 Å². The molecule has 0 fully saturated rings. The van der Waals surface area contributed by atoms with Crippen LogP contribution in [-0.4, -0.2) is 44.0 Å². The Bertz CT molecular complexity index is 185. The number of esters is 1. The Morgan fingerprint density at radius 2 is 2.23 bits per heavy atom. The van der Waals surface area contributed by atoms with Crippen molar-refractivity contribution in [2.75, 3.05) is 5.88 Å². The molecule has 76 valence electrons. The zero-order chi connectivity index (χ0) is 10.3. The van der Waals surface area contributed by atoms with Gasteiger partial charge in [-0.05, 0) is 0 Å². The molecule has 13 heavy (non-hydrogen) atoms. The number of carbonyl (C=O) groups is 2. The first kappa shape index (κ1) is 12.7. The first-order valence-corrected chi connectivity index (χ1v) is 7.05. The quantitative estimate of drug-likeness (QED) is 0.441. The second-order valence-corrected chi connectivity index (χ2v) is 4.50. The van der Waals surface area contributed by atoms with Crippen molar-refractivity contribution < 1.29 is 19.4 Å². The maximum absolute atomic E-state index is 10.9. The third-order valence-electron chi connectivity index (χ3n) is 1.17. The van der Waals surface area contributed by atoms with Crippen LogP contribution in [0.15, 0.2) is 0 Å². The molecule has 0 aromatic rings. The Morgan fingerprint density at radius 1 is 1.62 bits per heavy atom. The summed E-state index contributed by atoms with van der Waals surface area (Å²) in [4.78, 5) is 21.4. The van der Waals surface area contributed by atoms with Crippen LogP contribution in [-0.2, 0) is 14.3 Å². The van der Waals surface area contributed by atoms with E-state index in [2.05, 4.69) is 4.74 Å². The van der Waals surface area contributed by atoms with Crippen LogP contribution in [0.4, 0.5) is 0 Å². The van der Waals surface area contributed by atoms with Gasteiger partial charge in [0, 0.05) is 0 Å². The summed E-state index contributed by atoms with van der Waals surface area (Å²) in [6.07, 6.45) is -0.942. The number of ether oxygens (including phenoxy) is 1. The summed E-state index contributed by atoms with van der Waals surface area (Å²) in [7, 11) is 0. The van der Waals surface area contributed by atoms with Crippen molar-refractivity contribution in [3.05, 3.63) is 0 Å². The third-order valence-corrected chi connectivity index (χ3v) is 2.69. The fourth-order valence-electron chi connectivity index (χ4n) is 0.602. The van der Waals surface area contributed by atoms with Crippen LogP contribution >= 0.6 is 11.6 Å². The number of hydrogen-bond acceptors (Lipinski definition) is 3. The van der Waals surface area contributed by atoms with Gasteiger partial charge in [-0.25, -0.2) is 0 Å². The van der Waals surface area contributed by atoms with Gasteiger partial charge in [-0.2, -0.15) is 0 Å². The molecule has 1 unspecified atom stereocenters. The van der Waals surface area contributed by atoms with Crippen molar-refractivity contribution in [1.82, 2.24) is 0 Å². The number of carbonyl (C=O) groups excluding carboxylic acids is 1. The van der Waals surface area contributed by atoms with Crippen molar-refractivity contribution >= 4 is 38.5 Å². The summed E-state index contributed by atoms with van der Waals surface area (Å²) in [6.45, 7) is 0. The standard InChI is InChI=1S/C7H11ClO4Se/c1-13-4-5(7(10)11)12-6(9)2-3-8/h5H,2-4H2,1H3,(H,10,11). The van der Waals surface area contributed by atoms with Gasteiger partial charge in [-0.3, -0.25) is 0 Å². The fourth-order valence-corrected chi connectivity index (χ4v) is 1.83. The van der Waals surface area contributed by atoms with E-state index in [0.29, 0.717) is 5.32 Å². The minimum atomic E-state index is -1.09. The van der Waals surface area contributed by atoms with Gasteiger partial charge in [0.1, 0.15) is 0 Å². The average molecular weight is 274 g/mol. The van der Waals surface area contributed by atoms with Crippen LogP contribution in [0.2, 0.25) is 11.1 Å². The van der Waals surface area contributed by atoms with Gasteiger partial charge in [0.2, 0.25) is 0 Å². The molecule has 0 aromatic heterocycles. The molecule has 0 amide bonds. The monoisotopic (exact) mass is 274 g/mol. The average Bonchev–Trinajstić information content (AvgIpc) is 2.04. The van der Waals surface area contributed by atoms with E-state index < -0.39 is 18.0 Å². The molecule has 0 aliphatic rings. The second kappa shape index (κ2) is 7.18. The molecule has 0 aromatic carbocycles. The van der Waals surface area contributed by atoms with E-state index in [9.17, 15) is 9.59 Å². The molecule has 0 spiro atoms. The minimum absolute atomic E-state index is 0.0576. The first-order chi connectivity index (χ1) is 6.11. The number of aliphatic carboxylic acids is 1. The summed E-state index contributed by atoms with van der Waals surface area (Å²) in [5.74, 6) is 0.402. The van der Waals surface area contributed by atoms with E-state index in [1.807, 2.05) is 5.82 Å². The number of carboxylic acids is 1. The molecule has 0 bridgehead atoms. The van der Waals surface area contributed by atoms with Gasteiger partial charge in [-0.1, -0.05) is 0 Å². The van der Waals surface area contributed by atoms with Crippen LogP contribution in [0, 0.1) is 0 Å². The molecule has 6 heteroatoms. The van der Waals surface area contributed by atoms with Crippen LogP contribution < -0.4 is 0 Å². The molecule has 0 aliphatic heterocycles. The van der Waals surface area contributed by atoms with Gasteiger partial charge in [0.25, 0.3) is 0 Å². The molecular weight excluding hydrogens is 262 g/mol. The Balaban J connectivity index is 3.94. The number of rotatable bonds is 6. The molecule has 0 rings (SSSR count). The van der Waals surface area contributed by atoms with Crippen LogP contribution in [0.25, 0.3) is 0 Å². The molecule has 0 heterocycles. The summed E-state index contributed by atoms with van der Waals surface area (Å²) < 4.78 is 4.69. The van der Waals surface area contributed by atoms with Crippen molar-refractivity contribution in [2.24, 2.45) is 0 Å². The summed E-state index contributed by atoms with van der Waals surface area (Å²) in [5, 5.41) is 9.02. The second-order valence-electron chi connectivity index (χ2n) is 2.21. The number of alkyl halides is 1. The van der Waals surface area contributed by atoms with Gasteiger partial charge in [-0.15, -0.1) is 0 Å². The molecule has 0 saturated carbocycles. The van der Waals surface area contributed by atoms with Crippen molar-refractivity contribution in [3.63, 3.8) is 0 Å². The Hall–Kier alpha value is -0.251. The predicted molar refractivity (Wildman–Crippen MR) is 49.3 cm³/mol. The zero-order valence-electron chi connectivity index (χ0n) is 7.16. The SMILES string of the molecule is C[Se]CC(OC(=O)CCCl)C(=O)O. The zero-order valence-corrected chi connectivity index (χ0v) is 9.63. The Kier molecular flexibility index (Phi) is 7.04.